The van der Waals surface area contributed by atoms with Gasteiger partial charge in [0.15, 0.2) is 0 Å². The molecule has 0 unspecified atom stereocenters. The number of hydrogen-bond acceptors (Lipinski definition) is 5. The van der Waals surface area contributed by atoms with E-state index in [1.807, 2.05) is 44.2 Å². The summed E-state index contributed by atoms with van der Waals surface area (Å²) < 4.78 is 11.8. The van der Waals surface area contributed by atoms with E-state index in [4.69, 9.17) is 32.5 Å². The average Bonchev–Trinajstić information content (AvgIpc) is 3.41. The zero-order chi connectivity index (χ0) is 21.7. The Hall–Kier alpha value is -2.05. The van der Waals surface area contributed by atoms with Crippen LogP contribution in [0.4, 0.5) is 0 Å². The van der Waals surface area contributed by atoms with Gasteiger partial charge in [-0.25, -0.2) is 0 Å². The molecule has 0 radical (unpaired) electrons. The predicted octanol–water partition coefficient (Wildman–Crippen LogP) is 5.38. The number of aliphatic hydroxyl groups is 1. The lowest BCUT2D eigenvalue weighted by Gasteiger charge is -2.30. The van der Waals surface area contributed by atoms with Crippen LogP contribution in [0.2, 0.25) is 10.0 Å². The van der Waals surface area contributed by atoms with Crippen LogP contribution in [0.5, 0.6) is 5.75 Å². The van der Waals surface area contributed by atoms with E-state index in [-0.39, 0.29) is 18.2 Å². The molecule has 1 fully saturated rings. The smallest absolute Gasteiger partial charge is 0.141 e. The number of β-amino-alcohol motifs (C(OH)–C–C–N with tert-alkyl or cyclic N) is 1. The topological polar surface area (TPSA) is 58.7 Å². The summed E-state index contributed by atoms with van der Waals surface area (Å²) in [6.07, 6.45) is 1.05. The van der Waals surface area contributed by atoms with E-state index in [1.54, 1.807) is 6.07 Å². The van der Waals surface area contributed by atoms with Crippen LogP contribution in [-0.2, 0) is 6.42 Å². The van der Waals surface area contributed by atoms with Gasteiger partial charge in [0.1, 0.15) is 17.6 Å². The molecule has 1 aliphatic carbocycles. The van der Waals surface area contributed by atoms with Crippen molar-refractivity contribution in [2.24, 2.45) is 0 Å². The molecule has 31 heavy (non-hydrogen) atoms. The second kappa shape index (κ2) is 8.14. The third kappa shape index (κ3) is 3.85. The van der Waals surface area contributed by atoms with Crippen LogP contribution < -0.4 is 4.74 Å². The standard InChI is InChI=1S/C24H24Cl2N2O3/c1-13-23(14(2)31-27-13)15-3-5-18(6-4-15)30-24-20-9-16(25)10-21(26)19(20)11-22(24)28-8-7-17(29)12-28/h3-6,9-10,17,22,24,29H,7-8,11-12H2,1-2H3/t17-,22+,24-/m1/s1. The zero-order valence-electron chi connectivity index (χ0n) is 17.4. The molecule has 1 N–H and O–H groups in total. The maximum atomic E-state index is 10.1. The molecule has 3 aromatic rings. The minimum absolute atomic E-state index is 0.102. The number of hydrogen-bond donors (Lipinski definition) is 1. The number of aryl methyl sites for hydroxylation is 2. The van der Waals surface area contributed by atoms with Crippen LogP contribution in [-0.4, -0.2) is 40.4 Å². The van der Waals surface area contributed by atoms with Gasteiger partial charge in [0.05, 0.1) is 17.8 Å². The Morgan fingerprint density at radius 2 is 1.94 bits per heavy atom. The number of nitrogens with zero attached hydrogens (tertiary/aromatic N) is 2. The van der Waals surface area contributed by atoms with Gasteiger partial charge in [0, 0.05) is 34.3 Å². The summed E-state index contributed by atoms with van der Waals surface area (Å²) in [5.74, 6) is 1.57. The molecule has 5 nitrogen and oxygen atoms in total. The fourth-order valence-corrected chi connectivity index (χ4v) is 5.48. The Balaban J connectivity index is 1.46. The van der Waals surface area contributed by atoms with Crippen molar-refractivity contribution in [1.82, 2.24) is 10.1 Å². The van der Waals surface area contributed by atoms with Crippen LogP contribution in [0.25, 0.3) is 11.1 Å². The van der Waals surface area contributed by atoms with Gasteiger partial charge in [-0.1, -0.05) is 40.5 Å². The molecule has 7 heteroatoms. The number of likely N-dealkylation sites (tertiary alicyclic amines) is 1. The molecule has 1 saturated heterocycles. The molecule has 0 amide bonds. The van der Waals surface area contributed by atoms with Crippen molar-refractivity contribution in [3.63, 3.8) is 0 Å². The summed E-state index contributed by atoms with van der Waals surface area (Å²) >= 11 is 12.9. The third-order valence-corrected chi connectivity index (χ3v) is 6.92. The first kappa shape index (κ1) is 20.8. The number of fused-ring (bicyclic) bond motifs is 1. The molecule has 5 rings (SSSR count). The summed E-state index contributed by atoms with van der Waals surface area (Å²) in [5, 5.41) is 15.4. The first-order valence-corrected chi connectivity index (χ1v) is 11.3. The van der Waals surface area contributed by atoms with Crippen LogP contribution in [0.15, 0.2) is 40.9 Å². The molecule has 0 saturated carbocycles. The number of halogens is 2. The highest BCUT2D eigenvalue weighted by Gasteiger charge is 2.41. The second-order valence-electron chi connectivity index (χ2n) is 8.43. The van der Waals surface area contributed by atoms with Gasteiger partial charge in [-0.15, -0.1) is 0 Å². The molecule has 2 aliphatic rings. The van der Waals surface area contributed by atoms with Gasteiger partial charge in [-0.2, -0.15) is 0 Å². The Bertz CT molecular complexity index is 1090. The maximum absolute atomic E-state index is 10.1. The Labute approximate surface area is 191 Å². The van der Waals surface area contributed by atoms with Crippen molar-refractivity contribution in [2.45, 2.75) is 44.9 Å². The monoisotopic (exact) mass is 458 g/mol. The fraction of sp³-hybridized carbons (Fsp3) is 0.375. The van der Waals surface area contributed by atoms with E-state index in [2.05, 4.69) is 10.1 Å². The van der Waals surface area contributed by atoms with Crippen molar-refractivity contribution in [3.8, 4) is 16.9 Å². The highest BCUT2D eigenvalue weighted by Crippen LogP contribution is 2.43. The molecule has 2 aromatic carbocycles. The quantitative estimate of drug-likeness (QED) is 0.568. The molecular formula is C24H24Cl2N2O3. The van der Waals surface area contributed by atoms with Gasteiger partial charge in [0.25, 0.3) is 0 Å². The second-order valence-corrected chi connectivity index (χ2v) is 9.27. The van der Waals surface area contributed by atoms with Crippen molar-refractivity contribution < 1.29 is 14.4 Å². The minimum Gasteiger partial charge on any atom is -0.484 e. The van der Waals surface area contributed by atoms with Crippen molar-refractivity contribution >= 4 is 23.2 Å². The molecular weight excluding hydrogens is 435 g/mol. The molecule has 0 bridgehead atoms. The van der Waals surface area contributed by atoms with Gasteiger partial charge in [0.2, 0.25) is 0 Å². The summed E-state index contributed by atoms with van der Waals surface area (Å²) in [6, 6.07) is 11.8. The molecule has 2 heterocycles. The molecule has 0 spiro atoms. The molecule has 1 aromatic heterocycles. The Kier molecular flexibility index (Phi) is 5.47. The summed E-state index contributed by atoms with van der Waals surface area (Å²) in [4.78, 5) is 2.30. The van der Waals surface area contributed by atoms with Crippen LogP contribution >= 0.6 is 23.2 Å². The largest absolute Gasteiger partial charge is 0.484 e. The van der Waals surface area contributed by atoms with E-state index in [0.717, 1.165) is 58.8 Å². The first-order chi connectivity index (χ1) is 14.9. The highest BCUT2D eigenvalue weighted by atomic mass is 35.5. The summed E-state index contributed by atoms with van der Waals surface area (Å²) in [5.41, 5.74) is 5.03. The summed E-state index contributed by atoms with van der Waals surface area (Å²) in [6.45, 7) is 5.34. The van der Waals surface area contributed by atoms with E-state index < -0.39 is 0 Å². The number of aliphatic hydroxyl groups excluding tert-OH is 1. The number of rotatable bonds is 4. The average molecular weight is 459 g/mol. The predicted molar refractivity (Wildman–Crippen MR) is 121 cm³/mol. The van der Waals surface area contributed by atoms with E-state index >= 15 is 0 Å². The van der Waals surface area contributed by atoms with Gasteiger partial charge >= 0.3 is 0 Å². The van der Waals surface area contributed by atoms with Gasteiger partial charge in [-0.3, -0.25) is 4.90 Å². The molecule has 162 valence electrons. The molecule has 1 aliphatic heterocycles. The van der Waals surface area contributed by atoms with Crippen LogP contribution in [0.1, 0.15) is 35.1 Å². The first-order valence-electron chi connectivity index (χ1n) is 10.5. The Morgan fingerprint density at radius 3 is 2.58 bits per heavy atom. The minimum atomic E-state index is -0.294. The lowest BCUT2D eigenvalue weighted by Crippen LogP contribution is -2.39. The zero-order valence-corrected chi connectivity index (χ0v) is 19.0. The van der Waals surface area contributed by atoms with E-state index in [1.165, 1.54) is 0 Å². The van der Waals surface area contributed by atoms with Gasteiger partial charge in [-0.05, 0) is 62.1 Å². The lowest BCUT2D eigenvalue weighted by molar-refractivity contribution is 0.0818. The third-order valence-electron chi connectivity index (χ3n) is 6.37. The number of ether oxygens (including phenoxy) is 1. The van der Waals surface area contributed by atoms with Crippen LogP contribution in [0.3, 0.4) is 0 Å². The lowest BCUT2D eigenvalue weighted by atomic mass is 10.0. The number of aromatic nitrogens is 1. The fourth-order valence-electron chi connectivity index (χ4n) is 4.89. The Morgan fingerprint density at radius 1 is 1.16 bits per heavy atom. The maximum Gasteiger partial charge on any atom is 0.141 e. The van der Waals surface area contributed by atoms with Crippen molar-refractivity contribution in [1.29, 1.82) is 0 Å². The highest BCUT2D eigenvalue weighted by molar-refractivity contribution is 6.35. The van der Waals surface area contributed by atoms with E-state index in [9.17, 15) is 5.11 Å². The van der Waals surface area contributed by atoms with E-state index in [0.29, 0.717) is 16.6 Å². The summed E-state index contributed by atoms with van der Waals surface area (Å²) in [7, 11) is 0. The SMILES string of the molecule is Cc1noc(C)c1-c1ccc(O[C@@H]2c3cc(Cl)cc(Cl)c3C[C@@H]2N2CC[C@@H](O)C2)cc1. The van der Waals surface area contributed by atoms with Gasteiger partial charge < -0.3 is 14.4 Å². The van der Waals surface area contributed by atoms with Crippen LogP contribution in [0, 0.1) is 13.8 Å². The van der Waals surface area contributed by atoms with Crippen molar-refractivity contribution in [3.05, 3.63) is 69.0 Å². The number of benzene rings is 2. The van der Waals surface area contributed by atoms with Crippen molar-refractivity contribution in [2.75, 3.05) is 13.1 Å². The molecule has 3 atom stereocenters. The normalized spacial score (nSPS) is 23.3.